The molecule has 1 atom stereocenters. The van der Waals surface area contributed by atoms with Crippen LogP contribution in [0.5, 0.6) is 5.75 Å². The molecule has 3 aromatic rings. The SMILES string of the molecule is COC(=O)c1ccc(N2C(=O)C(=O)/C(=C(\O)c3ccc4c(c3)CCCC4)C2c2cccc(OC)c2)cc1. The van der Waals surface area contributed by atoms with Crippen molar-refractivity contribution in [2.45, 2.75) is 31.7 Å². The van der Waals surface area contributed by atoms with Crippen LogP contribution in [0.2, 0.25) is 0 Å². The summed E-state index contributed by atoms with van der Waals surface area (Å²) in [6, 6.07) is 18.1. The van der Waals surface area contributed by atoms with Crippen LogP contribution in [0.4, 0.5) is 5.69 Å². The highest BCUT2D eigenvalue weighted by Gasteiger charge is 2.47. The van der Waals surface area contributed by atoms with E-state index in [1.807, 2.05) is 12.1 Å². The molecule has 1 aliphatic carbocycles. The number of ether oxygens (including phenoxy) is 2. The van der Waals surface area contributed by atoms with Crippen molar-refractivity contribution in [3.63, 3.8) is 0 Å². The van der Waals surface area contributed by atoms with Gasteiger partial charge in [0.1, 0.15) is 11.5 Å². The second-order valence-electron chi connectivity index (χ2n) is 9.17. The highest BCUT2D eigenvalue weighted by Crippen LogP contribution is 2.43. The van der Waals surface area contributed by atoms with Gasteiger partial charge in [-0.05, 0) is 84.8 Å². The summed E-state index contributed by atoms with van der Waals surface area (Å²) >= 11 is 0. The molecule has 0 spiro atoms. The van der Waals surface area contributed by atoms with Gasteiger partial charge in [0.05, 0.1) is 31.4 Å². The summed E-state index contributed by atoms with van der Waals surface area (Å²) in [5.74, 6) is -1.71. The first-order chi connectivity index (χ1) is 17.9. The second-order valence-corrected chi connectivity index (χ2v) is 9.17. The Balaban J connectivity index is 1.66. The molecule has 7 heteroatoms. The van der Waals surface area contributed by atoms with Crippen molar-refractivity contribution >= 4 is 29.1 Å². The first-order valence-electron chi connectivity index (χ1n) is 12.2. The van der Waals surface area contributed by atoms with E-state index in [0.717, 1.165) is 31.2 Å². The molecule has 1 unspecified atom stereocenters. The Morgan fingerprint density at radius 1 is 0.892 bits per heavy atom. The highest BCUT2D eigenvalue weighted by molar-refractivity contribution is 6.51. The third-order valence-electron chi connectivity index (χ3n) is 7.04. The van der Waals surface area contributed by atoms with Gasteiger partial charge < -0.3 is 14.6 Å². The lowest BCUT2D eigenvalue weighted by molar-refractivity contribution is -0.132. The van der Waals surface area contributed by atoms with Gasteiger partial charge in [0.2, 0.25) is 0 Å². The molecule has 3 aromatic carbocycles. The van der Waals surface area contributed by atoms with Crippen molar-refractivity contribution < 1.29 is 29.0 Å². The molecule has 1 heterocycles. The van der Waals surface area contributed by atoms with Gasteiger partial charge in [0, 0.05) is 11.3 Å². The van der Waals surface area contributed by atoms with E-state index in [4.69, 9.17) is 9.47 Å². The van der Waals surface area contributed by atoms with E-state index in [-0.39, 0.29) is 11.3 Å². The number of methoxy groups -OCH3 is 2. The van der Waals surface area contributed by atoms with Crippen molar-refractivity contribution in [3.05, 3.63) is 100 Å². The number of ketones is 1. The van der Waals surface area contributed by atoms with Gasteiger partial charge >= 0.3 is 5.97 Å². The van der Waals surface area contributed by atoms with Crippen LogP contribution in [0, 0.1) is 0 Å². The van der Waals surface area contributed by atoms with Gasteiger partial charge in [-0.25, -0.2) is 4.79 Å². The molecule has 7 nitrogen and oxygen atoms in total. The minimum absolute atomic E-state index is 0.00561. The summed E-state index contributed by atoms with van der Waals surface area (Å²) in [5.41, 5.74) is 4.25. The lowest BCUT2D eigenvalue weighted by atomic mass is 9.88. The maximum Gasteiger partial charge on any atom is 0.337 e. The average molecular weight is 498 g/mol. The van der Waals surface area contributed by atoms with Crippen molar-refractivity contribution in [3.8, 4) is 5.75 Å². The van der Waals surface area contributed by atoms with E-state index < -0.39 is 23.7 Å². The third kappa shape index (κ3) is 4.37. The standard InChI is InChI=1S/C30H27NO6/c1-36-24-9-5-8-21(17-24)26-25(27(32)22-11-10-18-6-3-4-7-20(18)16-22)28(33)29(34)31(26)23-14-12-19(13-15-23)30(35)37-2/h5,8-17,26,32H,3-4,6-7H2,1-2H3/b27-25-. The molecule has 0 radical (unpaired) electrons. The fraction of sp³-hybridized carbons (Fsp3) is 0.233. The Morgan fingerprint density at radius 3 is 2.30 bits per heavy atom. The number of Topliss-reactive ketones (excluding diaryl/α,β-unsaturated/α-hetero) is 1. The summed E-state index contributed by atoms with van der Waals surface area (Å²) in [4.78, 5) is 40.1. The number of aliphatic hydroxyl groups is 1. The molecule has 1 fully saturated rings. The first kappa shape index (κ1) is 24.3. The molecule has 0 bridgehead atoms. The van der Waals surface area contributed by atoms with Crippen LogP contribution in [0.1, 0.15) is 51.5 Å². The van der Waals surface area contributed by atoms with Crippen LogP contribution in [0.25, 0.3) is 5.76 Å². The molecule has 0 aromatic heterocycles. The van der Waals surface area contributed by atoms with Crippen LogP contribution in [0.3, 0.4) is 0 Å². The molecule has 0 saturated carbocycles. The number of fused-ring (bicyclic) bond motifs is 1. The smallest absolute Gasteiger partial charge is 0.337 e. The van der Waals surface area contributed by atoms with Crippen LogP contribution in [0.15, 0.2) is 72.3 Å². The predicted molar refractivity (Wildman–Crippen MR) is 139 cm³/mol. The van der Waals surface area contributed by atoms with Crippen LogP contribution in [-0.2, 0) is 27.2 Å². The summed E-state index contributed by atoms with van der Waals surface area (Å²) in [6.07, 6.45) is 4.11. The summed E-state index contributed by atoms with van der Waals surface area (Å²) in [5, 5.41) is 11.5. The normalized spacial score (nSPS) is 18.4. The number of carbonyl (C=O) groups excluding carboxylic acids is 3. The van der Waals surface area contributed by atoms with Crippen molar-refractivity contribution in [1.82, 2.24) is 0 Å². The fourth-order valence-electron chi connectivity index (χ4n) is 5.14. The number of aryl methyl sites for hydroxylation is 2. The number of hydrogen-bond acceptors (Lipinski definition) is 6. The van der Waals surface area contributed by atoms with E-state index in [2.05, 4.69) is 0 Å². The Morgan fingerprint density at radius 2 is 1.59 bits per heavy atom. The number of esters is 1. The molecule has 1 aliphatic heterocycles. The third-order valence-corrected chi connectivity index (χ3v) is 7.04. The quantitative estimate of drug-likeness (QED) is 0.231. The van der Waals surface area contributed by atoms with Crippen molar-refractivity contribution in [2.75, 3.05) is 19.1 Å². The number of nitrogens with zero attached hydrogens (tertiary/aromatic N) is 1. The van der Waals surface area contributed by atoms with Gasteiger partial charge in [-0.15, -0.1) is 0 Å². The molecule has 2 aliphatic rings. The van der Waals surface area contributed by atoms with Gasteiger partial charge in [-0.3, -0.25) is 14.5 Å². The lowest BCUT2D eigenvalue weighted by Crippen LogP contribution is -2.29. The summed E-state index contributed by atoms with van der Waals surface area (Å²) < 4.78 is 10.2. The second kappa shape index (κ2) is 9.93. The number of hydrogen-bond donors (Lipinski definition) is 1. The van der Waals surface area contributed by atoms with Crippen LogP contribution in [-0.4, -0.2) is 37.0 Å². The summed E-state index contributed by atoms with van der Waals surface area (Å²) in [7, 11) is 2.83. The predicted octanol–water partition coefficient (Wildman–Crippen LogP) is 4.99. The number of rotatable bonds is 5. The van der Waals surface area contributed by atoms with E-state index in [1.165, 1.54) is 36.8 Å². The molecular formula is C30H27NO6. The van der Waals surface area contributed by atoms with Gasteiger partial charge in [0.15, 0.2) is 0 Å². The van der Waals surface area contributed by atoms with Gasteiger partial charge in [-0.1, -0.05) is 24.3 Å². The highest BCUT2D eigenvalue weighted by atomic mass is 16.5. The van der Waals surface area contributed by atoms with Crippen molar-refractivity contribution in [2.24, 2.45) is 0 Å². The number of anilines is 1. The lowest BCUT2D eigenvalue weighted by Gasteiger charge is -2.26. The van der Waals surface area contributed by atoms with Crippen LogP contribution >= 0.6 is 0 Å². The van der Waals surface area contributed by atoms with E-state index in [0.29, 0.717) is 28.1 Å². The zero-order valence-electron chi connectivity index (χ0n) is 20.7. The topological polar surface area (TPSA) is 93.1 Å². The maximum atomic E-state index is 13.4. The maximum absolute atomic E-state index is 13.4. The monoisotopic (exact) mass is 497 g/mol. The Labute approximate surface area is 214 Å². The van der Waals surface area contributed by atoms with Crippen LogP contribution < -0.4 is 9.64 Å². The average Bonchev–Trinajstić information content (AvgIpc) is 3.22. The molecule has 1 N–H and O–H groups in total. The Kier molecular flexibility index (Phi) is 6.53. The van der Waals surface area contributed by atoms with E-state index in [1.54, 1.807) is 42.5 Å². The molecule has 1 amide bonds. The zero-order valence-corrected chi connectivity index (χ0v) is 20.7. The number of carbonyl (C=O) groups is 3. The van der Waals surface area contributed by atoms with Crippen molar-refractivity contribution in [1.29, 1.82) is 0 Å². The minimum atomic E-state index is -0.893. The zero-order chi connectivity index (χ0) is 26.1. The number of aliphatic hydroxyl groups excluding tert-OH is 1. The molecule has 188 valence electrons. The molecule has 37 heavy (non-hydrogen) atoms. The van der Waals surface area contributed by atoms with Gasteiger partial charge in [-0.2, -0.15) is 0 Å². The van der Waals surface area contributed by atoms with E-state index >= 15 is 0 Å². The number of amides is 1. The summed E-state index contributed by atoms with van der Waals surface area (Å²) in [6.45, 7) is 0. The number of benzene rings is 3. The Bertz CT molecular complexity index is 1420. The van der Waals surface area contributed by atoms with E-state index in [9.17, 15) is 19.5 Å². The largest absolute Gasteiger partial charge is 0.507 e. The molecule has 1 saturated heterocycles. The molecule has 5 rings (SSSR count). The molecular weight excluding hydrogens is 470 g/mol. The fourth-order valence-corrected chi connectivity index (χ4v) is 5.14. The van der Waals surface area contributed by atoms with Gasteiger partial charge in [0.25, 0.3) is 11.7 Å². The first-order valence-corrected chi connectivity index (χ1v) is 12.2. The Hall–Kier alpha value is -4.39. The minimum Gasteiger partial charge on any atom is -0.507 e.